The van der Waals surface area contributed by atoms with Gasteiger partial charge >= 0.3 is 0 Å². The highest BCUT2D eigenvalue weighted by molar-refractivity contribution is 6.35. The van der Waals surface area contributed by atoms with Gasteiger partial charge in [0.25, 0.3) is 0 Å². The van der Waals surface area contributed by atoms with Gasteiger partial charge in [-0.3, -0.25) is 0 Å². The second-order valence-electron chi connectivity index (χ2n) is 5.16. The maximum atomic E-state index is 10.0. The molecule has 1 aromatic rings. The van der Waals surface area contributed by atoms with E-state index in [1.807, 2.05) is 12.1 Å². The Morgan fingerprint density at radius 3 is 2.89 bits per heavy atom. The van der Waals surface area contributed by atoms with E-state index in [-0.39, 0.29) is 6.10 Å². The van der Waals surface area contributed by atoms with Crippen molar-refractivity contribution >= 4 is 23.2 Å². The lowest BCUT2D eigenvalue weighted by atomic mass is 10.0. The first kappa shape index (κ1) is 15.1. The molecular formula is C15H20Cl2O2. The summed E-state index contributed by atoms with van der Waals surface area (Å²) in [7, 11) is 0. The first-order valence-corrected chi connectivity index (χ1v) is 7.64. The number of halogens is 2. The van der Waals surface area contributed by atoms with Crippen LogP contribution in [-0.2, 0) is 11.2 Å². The Kier molecular flexibility index (Phi) is 5.96. The molecule has 1 saturated heterocycles. The molecule has 0 aromatic heterocycles. The van der Waals surface area contributed by atoms with Crippen molar-refractivity contribution in [1.82, 2.24) is 0 Å². The maximum Gasteiger partial charge on any atom is 0.0581 e. The zero-order valence-electron chi connectivity index (χ0n) is 10.9. The molecule has 1 aliphatic heterocycles. The van der Waals surface area contributed by atoms with Crippen LogP contribution in [0.25, 0.3) is 0 Å². The Morgan fingerprint density at radius 2 is 2.21 bits per heavy atom. The predicted octanol–water partition coefficient (Wildman–Crippen LogP) is 4.25. The summed E-state index contributed by atoms with van der Waals surface area (Å²) in [6.07, 6.45) is 5.82. The van der Waals surface area contributed by atoms with E-state index < -0.39 is 0 Å². The third-order valence-corrected chi connectivity index (χ3v) is 4.15. The standard InChI is InChI=1S/C15H20Cl2O2/c16-12-7-6-11(15(17)10-12)9-13(18)3-1-4-14-5-2-8-19-14/h6-7,10,13-14,18H,1-5,8-9H2. The van der Waals surface area contributed by atoms with Crippen LogP contribution in [0, 0.1) is 0 Å². The molecule has 1 heterocycles. The van der Waals surface area contributed by atoms with Crippen LogP contribution >= 0.6 is 23.2 Å². The van der Waals surface area contributed by atoms with Gasteiger partial charge in [-0.2, -0.15) is 0 Å². The van der Waals surface area contributed by atoms with E-state index in [0.717, 1.165) is 31.4 Å². The molecule has 106 valence electrons. The minimum atomic E-state index is -0.347. The summed E-state index contributed by atoms with van der Waals surface area (Å²) in [6.45, 7) is 0.896. The first-order valence-electron chi connectivity index (χ1n) is 6.89. The summed E-state index contributed by atoms with van der Waals surface area (Å²) in [4.78, 5) is 0. The van der Waals surface area contributed by atoms with Crippen LogP contribution in [0.4, 0.5) is 0 Å². The smallest absolute Gasteiger partial charge is 0.0581 e. The van der Waals surface area contributed by atoms with E-state index in [1.54, 1.807) is 6.07 Å². The summed E-state index contributed by atoms with van der Waals surface area (Å²) in [6, 6.07) is 5.41. The quantitative estimate of drug-likeness (QED) is 0.851. The SMILES string of the molecule is OC(CCCC1CCCO1)Cc1ccc(Cl)cc1Cl. The van der Waals surface area contributed by atoms with Crippen LogP contribution in [-0.4, -0.2) is 23.9 Å². The molecule has 0 aliphatic carbocycles. The zero-order chi connectivity index (χ0) is 13.7. The summed E-state index contributed by atoms with van der Waals surface area (Å²) in [5.41, 5.74) is 0.954. The van der Waals surface area contributed by atoms with Gasteiger partial charge in [-0.15, -0.1) is 0 Å². The van der Waals surface area contributed by atoms with E-state index in [2.05, 4.69) is 0 Å². The Morgan fingerprint density at radius 1 is 1.37 bits per heavy atom. The molecular weight excluding hydrogens is 283 g/mol. The Balaban J connectivity index is 1.72. The molecule has 1 fully saturated rings. The lowest BCUT2D eigenvalue weighted by Gasteiger charge is -2.13. The molecule has 2 nitrogen and oxygen atoms in total. The fourth-order valence-corrected chi connectivity index (χ4v) is 2.98. The normalized spacial score (nSPS) is 20.7. The Bertz CT molecular complexity index is 403. The highest BCUT2D eigenvalue weighted by Gasteiger charge is 2.16. The van der Waals surface area contributed by atoms with Gasteiger partial charge in [0.1, 0.15) is 0 Å². The maximum absolute atomic E-state index is 10.0. The second-order valence-corrected chi connectivity index (χ2v) is 6.00. The molecule has 19 heavy (non-hydrogen) atoms. The first-order chi connectivity index (χ1) is 9.15. The Hall–Kier alpha value is -0.280. The summed E-state index contributed by atoms with van der Waals surface area (Å²) in [5.74, 6) is 0. The molecule has 1 N–H and O–H groups in total. The van der Waals surface area contributed by atoms with Crippen LogP contribution < -0.4 is 0 Å². The zero-order valence-corrected chi connectivity index (χ0v) is 12.5. The van der Waals surface area contributed by atoms with Crippen molar-refractivity contribution in [2.24, 2.45) is 0 Å². The molecule has 2 rings (SSSR count). The number of hydrogen-bond donors (Lipinski definition) is 1. The molecule has 0 saturated carbocycles. The average Bonchev–Trinajstić information content (AvgIpc) is 2.86. The summed E-state index contributed by atoms with van der Waals surface area (Å²) >= 11 is 11.9. The fraction of sp³-hybridized carbons (Fsp3) is 0.600. The molecule has 0 bridgehead atoms. The van der Waals surface area contributed by atoms with Crippen molar-refractivity contribution in [3.05, 3.63) is 33.8 Å². The van der Waals surface area contributed by atoms with Gasteiger partial charge < -0.3 is 9.84 Å². The summed E-state index contributed by atoms with van der Waals surface area (Å²) < 4.78 is 5.57. The molecule has 1 aromatic carbocycles. The average molecular weight is 303 g/mol. The van der Waals surface area contributed by atoms with E-state index in [0.29, 0.717) is 22.6 Å². The van der Waals surface area contributed by atoms with Gasteiger partial charge in [-0.1, -0.05) is 29.3 Å². The molecule has 0 radical (unpaired) electrons. The Labute approximate surface area is 124 Å². The van der Waals surface area contributed by atoms with Gasteiger partial charge in [-0.05, 0) is 56.2 Å². The van der Waals surface area contributed by atoms with Crippen LogP contribution in [0.1, 0.15) is 37.7 Å². The summed E-state index contributed by atoms with van der Waals surface area (Å²) in [5, 5.41) is 11.3. The number of aliphatic hydroxyl groups is 1. The van der Waals surface area contributed by atoms with Crippen molar-refractivity contribution in [1.29, 1.82) is 0 Å². The molecule has 0 spiro atoms. The van der Waals surface area contributed by atoms with Crippen molar-refractivity contribution in [2.45, 2.75) is 50.7 Å². The third kappa shape index (κ3) is 4.96. The highest BCUT2D eigenvalue weighted by atomic mass is 35.5. The minimum absolute atomic E-state index is 0.347. The fourth-order valence-electron chi connectivity index (χ4n) is 2.50. The number of ether oxygens (including phenoxy) is 1. The van der Waals surface area contributed by atoms with Gasteiger partial charge in [0.15, 0.2) is 0 Å². The molecule has 4 heteroatoms. The topological polar surface area (TPSA) is 29.5 Å². The number of benzene rings is 1. The monoisotopic (exact) mass is 302 g/mol. The molecule has 2 atom stereocenters. The van der Waals surface area contributed by atoms with Crippen molar-refractivity contribution < 1.29 is 9.84 Å². The second kappa shape index (κ2) is 7.49. The number of rotatable bonds is 6. The van der Waals surface area contributed by atoms with Gasteiger partial charge in [0.05, 0.1) is 12.2 Å². The number of hydrogen-bond acceptors (Lipinski definition) is 2. The van der Waals surface area contributed by atoms with Crippen LogP contribution in [0.3, 0.4) is 0 Å². The van der Waals surface area contributed by atoms with Crippen molar-refractivity contribution in [3.8, 4) is 0 Å². The molecule has 2 unspecified atom stereocenters. The van der Waals surface area contributed by atoms with E-state index in [4.69, 9.17) is 27.9 Å². The van der Waals surface area contributed by atoms with Crippen LogP contribution in [0.15, 0.2) is 18.2 Å². The lowest BCUT2D eigenvalue weighted by molar-refractivity contribution is 0.0945. The van der Waals surface area contributed by atoms with Gasteiger partial charge in [0.2, 0.25) is 0 Å². The van der Waals surface area contributed by atoms with E-state index >= 15 is 0 Å². The van der Waals surface area contributed by atoms with Crippen molar-refractivity contribution in [3.63, 3.8) is 0 Å². The van der Waals surface area contributed by atoms with E-state index in [9.17, 15) is 5.11 Å². The van der Waals surface area contributed by atoms with E-state index in [1.165, 1.54) is 12.8 Å². The number of aliphatic hydroxyl groups excluding tert-OH is 1. The largest absolute Gasteiger partial charge is 0.393 e. The van der Waals surface area contributed by atoms with Crippen LogP contribution in [0.2, 0.25) is 10.0 Å². The predicted molar refractivity (Wildman–Crippen MR) is 79.0 cm³/mol. The molecule has 1 aliphatic rings. The van der Waals surface area contributed by atoms with Crippen LogP contribution in [0.5, 0.6) is 0 Å². The van der Waals surface area contributed by atoms with Gasteiger partial charge in [0, 0.05) is 16.7 Å². The molecule has 0 amide bonds. The minimum Gasteiger partial charge on any atom is -0.393 e. The van der Waals surface area contributed by atoms with Gasteiger partial charge in [-0.25, -0.2) is 0 Å². The highest BCUT2D eigenvalue weighted by Crippen LogP contribution is 2.23. The van der Waals surface area contributed by atoms with Crippen molar-refractivity contribution in [2.75, 3.05) is 6.61 Å². The third-order valence-electron chi connectivity index (χ3n) is 3.56. The lowest BCUT2D eigenvalue weighted by Crippen LogP contribution is -2.12.